The quantitative estimate of drug-likeness (QED) is 0.789. The molecule has 0 radical (unpaired) electrons. The Morgan fingerprint density at radius 3 is 1.79 bits per heavy atom. The van der Waals surface area contributed by atoms with Crippen LogP contribution in [-0.2, 0) is 4.74 Å². The number of hydrogen-bond donors (Lipinski definition) is 1. The van der Waals surface area contributed by atoms with Gasteiger partial charge < -0.3 is 10.5 Å². The van der Waals surface area contributed by atoms with E-state index in [9.17, 15) is 0 Å². The normalized spacial score (nSPS) is 59.1. The molecular formula is C16H26N2O. The number of nitrogens with two attached hydrogens (primary N) is 1. The first kappa shape index (κ1) is 12.0. The molecule has 4 bridgehead atoms. The summed E-state index contributed by atoms with van der Waals surface area (Å²) in [5.74, 6) is 0. The molecule has 0 aromatic rings. The third kappa shape index (κ3) is 1.59. The lowest BCUT2D eigenvalue weighted by molar-refractivity contribution is -0.209. The molecule has 1 atom stereocenters. The van der Waals surface area contributed by atoms with Crippen LogP contribution in [0.3, 0.4) is 0 Å². The lowest BCUT2D eigenvalue weighted by Gasteiger charge is -2.69. The van der Waals surface area contributed by atoms with Crippen molar-refractivity contribution in [3.63, 3.8) is 0 Å². The molecule has 5 rings (SSSR count). The molecule has 2 N–H and O–H groups in total. The maximum Gasteiger partial charge on any atom is 0.282 e. The van der Waals surface area contributed by atoms with Crippen molar-refractivity contribution >= 4 is 6.02 Å². The van der Waals surface area contributed by atoms with E-state index in [4.69, 9.17) is 10.5 Å². The van der Waals surface area contributed by atoms with Gasteiger partial charge in [-0.05, 0) is 54.8 Å². The molecule has 19 heavy (non-hydrogen) atoms. The van der Waals surface area contributed by atoms with Gasteiger partial charge in [-0.25, -0.2) is 4.99 Å². The molecule has 0 amide bonds. The molecule has 1 unspecified atom stereocenters. The molecule has 0 spiro atoms. The van der Waals surface area contributed by atoms with Gasteiger partial charge in [0.25, 0.3) is 6.02 Å². The van der Waals surface area contributed by atoms with Gasteiger partial charge >= 0.3 is 0 Å². The zero-order valence-corrected chi connectivity index (χ0v) is 12.5. The van der Waals surface area contributed by atoms with E-state index in [0.717, 1.165) is 6.54 Å². The zero-order chi connectivity index (χ0) is 13.5. The topological polar surface area (TPSA) is 47.6 Å². The van der Waals surface area contributed by atoms with Crippen molar-refractivity contribution < 1.29 is 4.74 Å². The lowest BCUT2D eigenvalue weighted by atomic mass is 9.35. The van der Waals surface area contributed by atoms with Crippen molar-refractivity contribution in [2.45, 2.75) is 65.4 Å². The van der Waals surface area contributed by atoms with Gasteiger partial charge in [-0.3, -0.25) is 0 Å². The summed E-state index contributed by atoms with van der Waals surface area (Å²) in [6, 6.07) is 0.418. The van der Waals surface area contributed by atoms with Crippen molar-refractivity contribution in [1.29, 1.82) is 0 Å². The smallest absolute Gasteiger partial charge is 0.282 e. The Bertz CT molecular complexity index is 416. The van der Waals surface area contributed by atoms with E-state index in [0.29, 0.717) is 27.7 Å². The number of rotatable bonds is 1. The van der Waals surface area contributed by atoms with Gasteiger partial charge in [0.1, 0.15) is 6.10 Å². The lowest BCUT2D eigenvalue weighted by Crippen LogP contribution is -2.62. The Labute approximate surface area is 116 Å². The molecule has 4 aliphatic carbocycles. The van der Waals surface area contributed by atoms with Crippen LogP contribution in [0.15, 0.2) is 4.99 Å². The summed E-state index contributed by atoms with van der Waals surface area (Å²) in [5.41, 5.74) is 7.64. The minimum atomic E-state index is 0.242. The first-order chi connectivity index (χ1) is 8.74. The van der Waals surface area contributed by atoms with E-state index in [2.05, 4.69) is 25.8 Å². The molecule has 3 nitrogen and oxygen atoms in total. The number of aliphatic imine (C=N–C) groups is 1. The predicted molar refractivity (Wildman–Crippen MR) is 75.8 cm³/mol. The van der Waals surface area contributed by atoms with E-state index in [1.54, 1.807) is 0 Å². The highest BCUT2D eigenvalue weighted by atomic mass is 16.5. The zero-order valence-electron chi connectivity index (χ0n) is 12.5. The highest BCUT2D eigenvalue weighted by Gasteiger charge is 2.66. The van der Waals surface area contributed by atoms with Crippen molar-refractivity contribution in [2.24, 2.45) is 32.4 Å². The van der Waals surface area contributed by atoms with Gasteiger partial charge in [0.05, 0.1) is 6.54 Å². The van der Waals surface area contributed by atoms with Gasteiger partial charge in [-0.2, -0.15) is 0 Å². The van der Waals surface area contributed by atoms with Crippen LogP contribution in [0.2, 0.25) is 0 Å². The molecule has 106 valence electrons. The second-order valence-electron chi connectivity index (χ2n) is 9.14. The van der Waals surface area contributed by atoms with Gasteiger partial charge in [0.2, 0.25) is 0 Å². The van der Waals surface area contributed by atoms with Gasteiger partial charge in [0, 0.05) is 5.41 Å². The summed E-state index contributed by atoms with van der Waals surface area (Å²) >= 11 is 0. The third-order valence-electron chi connectivity index (χ3n) is 6.26. The van der Waals surface area contributed by atoms with Crippen LogP contribution >= 0.6 is 0 Å². The van der Waals surface area contributed by atoms with Crippen LogP contribution in [0.4, 0.5) is 0 Å². The fourth-order valence-electron chi connectivity index (χ4n) is 7.44. The Morgan fingerprint density at radius 2 is 1.42 bits per heavy atom. The number of nitrogens with zero attached hydrogens (tertiary/aromatic N) is 1. The van der Waals surface area contributed by atoms with Crippen molar-refractivity contribution in [3.05, 3.63) is 0 Å². The summed E-state index contributed by atoms with van der Waals surface area (Å²) < 4.78 is 5.91. The highest BCUT2D eigenvalue weighted by Crippen LogP contribution is 2.74. The second kappa shape index (κ2) is 3.12. The summed E-state index contributed by atoms with van der Waals surface area (Å²) in [6.07, 6.45) is 8.41. The summed E-state index contributed by atoms with van der Waals surface area (Å²) in [6.45, 7) is 8.31. The molecule has 1 aliphatic heterocycles. The van der Waals surface area contributed by atoms with E-state index >= 15 is 0 Å². The third-order valence-corrected chi connectivity index (χ3v) is 6.26. The molecule has 5 aliphatic rings. The van der Waals surface area contributed by atoms with Crippen LogP contribution in [0.5, 0.6) is 0 Å². The van der Waals surface area contributed by atoms with E-state index < -0.39 is 0 Å². The van der Waals surface area contributed by atoms with Gasteiger partial charge in [-0.1, -0.05) is 20.8 Å². The molecule has 3 heteroatoms. The Morgan fingerprint density at radius 1 is 0.947 bits per heavy atom. The number of ether oxygens (including phenoxy) is 1. The van der Waals surface area contributed by atoms with Gasteiger partial charge in [-0.15, -0.1) is 0 Å². The summed E-state index contributed by atoms with van der Waals surface area (Å²) in [5, 5.41) is 0. The largest absolute Gasteiger partial charge is 0.460 e. The molecular weight excluding hydrogens is 236 g/mol. The molecule has 0 aromatic carbocycles. The van der Waals surface area contributed by atoms with Crippen LogP contribution in [0.1, 0.15) is 59.3 Å². The van der Waals surface area contributed by atoms with E-state index in [1.807, 2.05) is 0 Å². The van der Waals surface area contributed by atoms with Gasteiger partial charge in [0.15, 0.2) is 0 Å². The van der Waals surface area contributed by atoms with Crippen LogP contribution in [0, 0.1) is 21.7 Å². The summed E-state index contributed by atoms with van der Waals surface area (Å²) in [7, 11) is 0. The van der Waals surface area contributed by atoms with Crippen molar-refractivity contribution in [2.75, 3.05) is 6.54 Å². The maximum absolute atomic E-state index is 5.91. The fraction of sp³-hybridized carbons (Fsp3) is 0.938. The highest BCUT2D eigenvalue weighted by molar-refractivity contribution is 5.73. The molecule has 0 saturated heterocycles. The van der Waals surface area contributed by atoms with Crippen LogP contribution in [0.25, 0.3) is 0 Å². The molecule has 1 heterocycles. The van der Waals surface area contributed by atoms with Crippen molar-refractivity contribution in [3.8, 4) is 0 Å². The first-order valence-electron chi connectivity index (χ1n) is 7.71. The van der Waals surface area contributed by atoms with Crippen molar-refractivity contribution in [1.82, 2.24) is 0 Å². The average Bonchev–Trinajstić information content (AvgIpc) is 2.57. The minimum absolute atomic E-state index is 0.242. The van der Waals surface area contributed by atoms with Crippen LogP contribution in [-0.4, -0.2) is 18.7 Å². The monoisotopic (exact) mass is 262 g/mol. The standard InChI is InChI=1S/C16H26N2O/c1-13-5-14(2)7-15(3,6-13)10-16(8-13,9-14)11-4-18-12(17)19-11/h11H,4-10H2,1-3H3,(H2,17,18). The fourth-order valence-corrected chi connectivity index (χ4v) is 7.44. The number of hydrogen-bond acceptors (Lipinski definition) is 3. The SMILES string of the molecule is CC12CC3(C)CC(C)(C1)CC(C1CN=C(N)O1)(C2)C3. The predicted octanol–water partition coefficient (Wildman–Crippen LogP) is 3.09. The molecule has 4 fully saturated rings. The Kier molecular flexibility index (Phi) is 1.98. The maximum atomic E-state index is 5.91. The molecule has 0 aromatic heterocycles. The van der Waals surface area contributed by atoms with Crippen LogP contribution < -0.4 is 5.73 Å². The van der Waals surface area contributed by atoms with E-state index in [-0.39, 0.29) is 6.10 Å². The Balaban J connectivity index is 1.74. The Hall–Kier alpha value is -0.730. The first-order valence-corrected chi connectivity index (χ1v) is 7.71. The minimum Gasteiger partial charge on any atom is -0.460 e. The van der Waals surface area contributed by atoms with E-state index in [1.165, 1.54) is 38.5 Å². The summed E-state index contributed by atoms with van der Waals surface area (Å²) in [4.78, 5) is 4.32. The number of amidine groups is 1. The average molecular weight is 262 g/mol. The molecule has 4 saturated carbocycles. The second-order valence-corrected chi connectivity index (χ2v) is 9.14.